The predicted octanol–water partition coefficient (Wildman–Crippen LogP) is 4.37. The molecule has 3 aliphatic rings. The van der Waals surface area contributed by atoms with E-state index in [1.54, 1.807) is 18.3 Å². The number of allylic oxidation sites excluding steroid dienone is 2. The molecule has 0 radical (unpaired) electrons. The summed E-state index contributed by atoms with van der Waals surface area (Å²) >= 11 is 11.2. The van der Waals surface area contributed by atoms with Crippen LogP contribution in [0.2, 0.25) is 5.02 Å². The van der Waals surface area contributed by atoms with Crippen LogP contribution in [-0.2, 0) is 14.3 Å². The number of carbonyl (C=O) groups is 1. The summed E-state index contributed by atoms with van der Waals surface area (Å²) in [4.78, 5) is 12.0. The van der Waals surface area contributed by atoms with E-state index in [9.17, 15) is 4.79 Å². The van der Waals surface area contributed by atoms with Crippen molar-refractivity contribution in [2.75, 3.05) is 5.32 Å². The quantitative estimate of drug-likeness (QED) is 0.180. The largest absolute Gasteiger partial charge is 0.455 e. The standard InChI is InChI=1S/C22H24ClN3O3S/c1-13-17-10-5-14(4-3-11-22(2)19(29-22)18(17)28-20(13)27)12-24-26-21(30)25-16-8-6-15(23)7-9-16/h4,6-9,12,17-19H,1,3,5,10-11H2,2H3,(H2,25,26,30)/b14-4+,24-12+/t17-,18-,19-,22+/m0/s1. The van der Waals surface area contributed by atoms with E-state index in [0.717, 1.165) is 36.9 Å². The van der Waals surface area contributed by atoms with Crippen molar-refractivity contribution < 1.29 is 14.3 Å². The van der Waals surface area contributed by atoms with Crippen LogP contribution in [0.1, 0.15) is 32.6 Å². The molecular weight excluding hydrogens is 422 g/mol. The molecule has 2 saturated heterocycles. The van der Waals surface area contributed by atoms with Crippen LogP contribution in [0.3, 0.4) is 0 Å². The third-order valence-corrected chi connectivity index (χ3v) is 6.32. The van der Waals surface area contributed by atoms with Gasteiger partial charge in [-0.05, 0) is 74.7 Å². The second kappa shape index (κ2) is 8.49. The molecule has 1 aromatic carbocycles. The first-order valence-corrected chi connectivity index (χ1v) is 10.8. The molecule has 2 heterocycles. The van der Waals surface area contributed by atoms with Gasteiger partial charge in [0.1, 0.15) is 12.2 Å². The molecule has 2 aliphatic heterocycles. The van der Waals surface area contributed by atoms with Gasteiger partial charge < -0.3 is 14.8 Å². The van der Waals surface area contributed by atoms with Crippen LogP contribution >= 0.6 is 23.8 Å². The van der Waals surface area contributed by atoms with Crippen molar-refractivity contribution in [1.29, 1.82) is 0 Å². The lowest BCUT2D eigenvalue weighted by atomic mass is 9.84. The Morgan fingerprint density at radius 2 is 2.17 bits per heavy atom. The highest BCUT2D eigenvalue weighted by molar-refractivity contribution is 7.80. The molecule has 8 heteroatoms. The highest BCUT2D eigenvalue weighted by Gasteiger charge is 2.61. The van der Waals surface area contributed by atoms with Gasteiger partial charge in [-0.1, -0.05) is 24.3 Å². The van der Waals surface area contributed by atoms with Crippen molar-refractivity contribution in [3.05, 3.63) is 53.1 Å². The van der Waals surface area contributed by atoms with Crippen molar-refractivity contribution in [2.24, 2.45) is 11.0 Å². The molecular formula is C22H24ClN3O3S. The minimum atomic E-state index is -0.304. The zero-order valence-electron chi connectivity index (χ0n) is 16.7. The van der Waals surface area contributed by atoms with Gasteiger partial charge in [-0.15, -0.1) is 0 Å². The van der Waals surface area contributed by atoms with Gasteiger partial charge in [-0.3, -0.25) is 5.43 Å². The predicted molar refractivity (Wildman–Crippen MR) is 122 cm³/mol. The zero-order valence-corrected chi connectivity index (χ0v) is 18.3. The maximum atomic E-state index is 12.0. The minimum Gasteiger partial charge on any atom is -0.455 e. The van der Waals surface area contributed by atoms with E-state index in [1.165, 1.54) is 0 Å². The first kappa shape index (κ1) is 21.0. The van der Waals surface area contributed by atoms with Crippen molar-refractivity contribution in [3.8, 4) is 0 Å². The van der Waals surface area contributed by atoms with E-state index in [0.29, 0.717) is 15.7 Å². The summed E-state index contributed by atoms with van der Waals surface area (Å²) in [7, 11) is 0. The summed E-state index contributed by atoms with van der Waals surface area (Å²) in [5.74, 6) is -0.332. The highest BCUT2D eigenvalue weighted by Crippen LogP contribution is 2.49. The molecule has 1 aliphatic carbocycles. The number of benzene rings is 1. The molecule has 158 valence electrons. The number of hydrogen-bond donors (Lipinski definition) is 2. The van der Waals surface area contributed by atoms with Gasteiger partial charge in [-0.2, -0.15) is 5.10 Å². The summed E-state index contributed by atoms with van der Waals surface area (Å²) in [6.45, 7) is 6.03. The molecule has 0 aromatic heterocycles. The Morgan fingerprint density at radius 1 is 1.40 bits per heavy atom. The van der Waals surface area contributed by atoms with Crippen molar-refractivity contribution in [3.63, 3.8) is 0 Å². The molecule has 4 rings (SSSR count). The number of anilines is 1. The molecule has 0 amide bonds. The van der Waals surface area contributed by atoms with Gasteiger partial charge in [0, 0.05) is 22.2 Å². The van der Waals surface area contributed by atoms with Crippen molar-refractivity contribution >= 4 is 46.8 Å². The summed E-state index contributed by atoms with van der Waals surface area (Å²) < 4.78 is 11.5. The lowest BCUT2D eigenvalue weighted by molar-refractivity contribution is -0.140. The Morgan fingerprint density at radius 3 is 2.93 bits per heavy atom. The minimum absolute atomic E-state index is 0.0279. The number of esters is 1. The molecule has 2 N–H and O–H groups in total. The van der Waals surface area contributed by atoms with Gasteiger partial charge in [0.05, 0.1) is 11.8 Å². The number of nitrogens with zero attached hydrogens (tertiary/aromatic N) is 1. The number of halogens is 1. The van der Waals surface area contributed by atoms with Crippen LogP contribution in [-0.4, -0.2) is 35.1 Å². The number of thiocarbonyl (C=S) groups is 1. The summed E-state index contributed by atoms with van der Waals surface area (Å²) in [6.07, 6.45) is 6.94. The fourth-order valence-electron chi connectivity index (χ4n) is 4.07. The van der Waals surface area contributed by atoms with Gasteiger partial charge in [0.2, 0.25) is 0 Å². The van der Waals surface area contributed by atoms with Crippen LogP contribution in [0.4, 0.5) is 5.69 Å². The van der Waals surface area contributed by atoms with Gasteiger partial charge in [0.25, 0.3) is 0 Å². The van der Waals surface area contributed by atoms with E-state index < -0.39 is 0 Å². The number of hydrogen-bond acceptors (Lipinski definition) is 5. The Kier molecular flexibility index (Phi) is 5.95. The fourth-order valence-corrected chi connectivity index (χ4v) is 4.36. The third kappa shape index (κ3) is 4.58. The lowest BCUT2D eigenvalue weighted by Gasteiger charge is -2.19. The van der Waals surface area contributed by atoms with Crippen LogP contribution in [0, 0.1) is 5.92 Å². The molecule has 0 unspecified atom stereocenters. The molecule has 1 aromatic rings. The maximum Gasteiger partial charge on any atom is 0.334 e. The number of epoxide rings is 1. The van der Waals surface area contributed by atoms with Gasteiger partial charge >= 0.3 is 5.97 Å². The topological polar surface area (TPSA) is 75.2 Å². The summed E-state index contributed by atoms with van der Waals surface area (Å²) in [5, 5.41) is 8.38. The molecule has 30 heavy (non-hydrogen) atoms. The van der Waals surface area contributed by atoms with E-state index in [1.807, 2.05) is 12.1 Å². The Labute approximate surface area is 186 Å². The Bertz CT molecular complexity index is 930. The monoisotopic (exact) mass is 445 g/mol. The van der Waals surface area contributed by atoms with Crippen LogP contribution in [0.5, 0.6) is 0 Å². The summed E-state index contributed by atoms with van der Waals surface area (Å²) in [5.41, 5.74) is 5.04. The highest BCUT2D eigenvalue weighted by atomic mass is 35.5. The van der Waals surface area contributed by atoms with Crippen LogP contribution in [0.15, 0.2) is 53.2 Å². The molecule has 0 bridgehead atoms. The first-order chi connectivity index (χ1) is 14.4. The number of rotatable bonds is 3. The molecule has 0 spiro atoms. The zero-order chi connectivity index (χ0) is 21.3. The number of ether oxygens (including phenoxy) is 2. The SMILES string of the molecule is C=C1C(=O)O[C@H]2[C@H]1CCC(/C=N/NC(=S)Nc1ccc(Cl)cc1)=C\CC[C@@]1(C)O[C@@H]21. The van der Waals surface area contributed by atoms with Crippen molar-refractivity contribution in [2.45, 2.75) is 50.4 Å². The Hall–Kier alpha value is -2.22. The van der Waals surface area contributed by atoms with E-state index in [-0.39, 0.29) is 29.7 Å². The van der Waals surface area contributed by atoms with Crippen LogP contribution in [0.25, 0.3) is 0 Å². The average molecular weight is 446 g/mol. The molecule has 4 atom stereocenters. The Balaban J connectivity index is 1.38. The van der Waals surface area contributed by atoms with E-state index in [4.69, 9.17) is 33.3 Å². The van der Waals surface area contributed by atoms with E-state index in [2.05, 4.69) is 35.4 Å². The first-order valence-electron chi connectivity index (χ1n) is 9.98. The second-order valence-corrected chi connectivity index (χ2v) is 8.88. The summed E-state index contributed by atoms with van der Waals surface area (Å²) in [6, 6.07) is 7.25. The number of nitrogens with one attached hydrogen (secondary N) is 2. The smallest absolute Gasteiger partial charge is 0.334 e. The molecule has 2 fully saturated rings. The van der Waals surface area contributed by atoms with Crippen LogP contribution < -0.4 is 10.7 Å². The van der Waals surface area contributed by atoms with Gasteiger partial charge in [-0.25, -0.2) is 4.79 Å². The molecule has 6 nitrogen and oxygen atoms in total. The van der Waals surface area contributed by atoms with E-state index >= 15 is 0 Å². The number of hydrazone groups is 1. The normalized spacial score (nSPS) is 32.5. The third-order valence-electron chi connectivity index (χ3n) is 5.88. The average Bonchev–Trinajstić information content (AvgIpc) is 3.30. The number of carbonyl (C=O) groups excluding carboxylic acids is 1. The maximum absolute atomic E-state index is 12.0. The van der Waals surface area contributed by atoms with Gasteiger partial charge in [0.15, 0.2) is 5.11 Å². The number of fused-ring (bicyclic) bond motifs is 3. The molecule has 0 saturated carbocycles. The fraction of sp³-hybridized carbons (Fsp3) is 0.409. The van der Waals surface area contributed by atoms with Crippen molar-refractivity contribution in [1.82, 2.24) is 5.43 Å². The second-order valence-electron chi connectivity index (χ2n) is 8.04. The lowest BCUT2D eigenvalue weighted by Crippen LogP contribution is -2.29.